The Hall–Kier alpha value is -3.22. The molecule has 0 fully saturated rings. The molecule has 2 aromatic rings. The number of benzene rings is 2. The lowest BCUT2D eigenvalue weighted by molar-refractivity contribution is -0.122. The number of hydrogen-bond donors (Lipinski definition) is 1. The van der Waals surface area contributed by atoms with Crippen molar-refractivity contribution in [2.75, 3.05) is 22.2 Å². The van der Waals surface area contributed by atoms with Crippen molar-refractivity contribution in [1.82, 2.24) is 0 Å². The Labute approximate surface area is 154 Å². The summed E-state index contributed by atoms with van der Waals surface area (Å²) in [6.07, 6.45) is 0. The van der Waals surface area contributed by atoms with Crippen LogP contribution in [0.5, 0.6) is 0 Å². The number of hydrogen-bond acceptors (Lipinski definition) is 4. The molecular weight excluding hydrogens is 352 g/mol. The Morgan fingerprint density at radius 1 is 1.00 bits per heavy atom. The summed E-state index contributed by atoms with van der Waals surface area (Å²) in [5, 5.41) is 2.23. The molecule has 0 atom stereocenters. The molecule has 4 rings (SSSR count). The molecule has 0 spiro atoms. The molecule has 2 heterocycles. The Morgan fingerprint density at radius 3 is 2.22 bits per heavy atom. The predicted octanol–water partition coefficient (Wildman–Crippen LogP) is 3.43. The smallest absolute Gasteiger partial charge is 0.263 e. The van der Waals surface area contributed by atoms with Crippen LogP contribution in [0.2, 0.25) is 0 Å². The minimum Gasteiger partial charge on any atom is -0.328 e. The summed E-state index contributed by atoms with van der Waals surface area (Å²) in [7, 11) is 1.75. The monoisotopic (exact) mass is 369 g/mol. The molecule has 0 unspecified atom stereocenters. The number of ketones is 1. The molecule has 0 aromatic heterocycles. The second kappa shape index (κ2) is 5.64. The minimum absolute atomic E-state index is 0.124. The van der Waals surface area contributed by atoms with Crippen molar-refractivity contribution >= 4 is 28.8 Å². The van der Waals surface area contributed by atoms with E-state index in [1.54, 1.807) is 30.7 Å². The number of carbonyl (C=O) groups is 2. The van der Waals surface area contributed by atoms with Gasteiger partial charge in [0, 0.05) is 7.05 Å². The van der Waals surface area contributed by atoms with Crippen LogP contribution in [0.15, 0.2) is 53.9 Å². The molecule has 138 valence electrons. The van der Waals surface area contributed by atoms with Gasteiger partial charge in [-0.1, -0.05) is 18.2 Å². The zero-order valence-corrected chi connectivity index (χ0v) is 15.0. The Morgan fingerprint density at radius 2 is 1.59 bits per heavy atom. The van der Waals surface area contributed by atoms with Crippen LogP contribution in [-0.4, -0.2) is 24.3 Å². The van der Waals surface area contributed by atoms with Crippen molar-refractivity contribution in [3.05, 3.63) is 65.5 Å². The zero-order chi connectivity index (χ0) is 19.5. The molecule has 1 N–H and O–H groups in total. The van der Waals surface area contributed by atoms with E-state index < -0.39 is 34.6 Å². The van der Waals surface area contributed by atoms with Crippen molar-refractivity contribution in [3.8, 4) is 0 Å². The summed E-state index contributed by atoms with van der Waals surface area (Å²) in [5.74, 6) is -2.65. The topological polar surface area (TPSA) is 52.7 Å². The molecule has 2 aliphatic heterocycles. The van der Waals surface area contributed by atoms with E-state index in [1.807, 2.05) is 24.3 Å². The molecule has 5 nitrogen and oxygen atoms in total. The first-order valence-corrected chi connectivity index (χ1v) is 8.42. The van der Waals surface area contributed by atoms with Gasteiger partial charge in [-0.3, -0.25) is 9.59 Å². The number of rotatable bonds is 2. The number of fused-ring (bicyclic) bond motifs is 3. The second-order valence-corrected chi connectivity index (χ2v) is 7.02. The fourth-order valence-corrected chi connectivity index (χ4v) is 3.67. The van der Waals surface area contributed by atoms with E-state index in [-0.39, 0.29) is 5.57 Å². The zero-order valence-electron chi connectivity index (χ0n) is 15.0. The van der Waals surface area contributed by atoms with Gasteiger partial charge in [-0.15, -0.1) is 0 Å². The minimum atomic E-state index is -1.00. The van der Waals surface area contributed by atoms with Crippen LogP contribution in [-0.2, 0) is 9.59 Å². The number of amides is 1. The van der Waals surface area contributed by atoms with E-state index in [0.717, 1.165) is 23.5 Å². The Bertz CT molecular complexity index is 1010. The van der Waals surface area contributed by atoms with Gasteiger partial charge in [0.15, 0.2) is 5.78 Å². The normalized spacial score (nSPS) is 17.3. The first-order chi connectivity index (χ1) is 12.7. The highest BCUT2D eigenvalue weighted by Gasteiger charge is 2.54. The predicted molar refractivity (Wildman–Crippen MR) is 98.4 cm³/mol. The van der Waals surface area contributed by atoms with E-state index in [9.17, 15) is 18.4 Å². The summed E-state index contributed by atoms with van der Waals surface area (Å²) in [5.41, 5.74) is -0.0562. The van der Waals surface area contributed by atoms with Crippen LogP contribution in [0.25, 0.3) is 0 Å². The van der Waals surface area contributed by atoms with Crippen LogP contribution in [0.1, 0.15) is 13.8 Å². The van der Waals surface area contributed by atoms with Crippen molar-refractivity contribution < 1.29 is 18.4 Å². The average molecular weight is 369 g/mol. The fourth-order valence-electron chi connectivity index (χ4n) is 3.67. The van der Waals surface area contributed by atoms with Gasteiger partial charge in [-0.2, -0.15) is 0 Å². The fraction of sp³-hybridized carbons (Fsp3) is 0.200. The largest absolute Gasteiger partial charge is 0.328 e. The maximum Gasteiger partial charge on any atom is 0.263 e. The maximum atomic E-state index is 13.9. The summed E-state index contributed by atoms with van der Waals surface area (Å²) in [6.45, 7) is 3.43. The number of halogens is 2. The molecule has 1 amide bonds. The van der Waals surface area contributed by atoms with E-state index in [2.05, 4.69) is 5.32 Å². The summed E-state index contributed by atoms with van der Waals surface area (Å²) >= 11 is 0. The number of nitrogens with zero attached hydrogens (tertiary/aromatic N) is 2. The molecule has 0 aliphatic carbocycles. The summed E-state index contributed by atoms with van der Waals surface area (Å²) in [4.78, 5) is 29.4. The summed E-state index contributed by atoms with van der Waals surface area (Å²) < 4.78 is 27.9. The van der Waals surface area contributed by atoms with Gasteiger partial charge in [0.25, 0.3) is 5.91 Å². The average Bonchev–Trinajstić information content (AvgIpc) is 3.03. The quantitative estimate of drug-likeness (QED) is 0.824. The third-order valence-corrected chi connectivity index (χ3v) is 5.01. The Kier molecular flexibility index (Phi) is 3.59. The molecule has 0 saturated carbocycles. The van der Waals surface area contributed by atoms with Gasteiger partial charge >= 0.3 is 0 Å². The van der Waals surface area contributed by atoms with Crippen molar-refractivity contribution in [1.29, 1.82) is 0 Å². The molecule has 2 aromatic carbocycles. The van der Waals surface area contributed by atoms with Crippen LogP contribution in [0.4, 0.5) is 25.8 Å². The second-order valence-electron chi connectivity index (χ2n) is 7.02. The highest BCUT2D eigenvalue weighted by Crippen LogP contribution is 2.50. The number of para-hydroxylation sites is 3. The lowest BCUT2D eigenvalue weighted by atomic mass is 9.95. The Balaban J connectivity index is 1.83. The van der Waals surface area contributed by atoms with Crippen LogP contribution < -0.4 is 15.1 Å². The lowest BCUT2D eigenvalue weighted by Gasteiger charge is -2.30. The number of anilines is 3. The van der Waals surface area contributed by atoms with E-state index in [0.29, 0.717) is 5.82 Å². The molecule has 7 heteroatoms. The van der Waals surface area contributed by atoms with Crippen molar-refractivity contribution in [2.24, 2.45) is 0 Å². The molecule has 2 aliphatic rings. The van der Waals surface area contributed by atoms with Gasteiger partial charge in [0.2, 0.25) is 0 Å². The van der Waals surface area contributed by atoms with E-state index in [4.69, 9.17) is 0 Å². The highest BCUT2D eigenvalue weighted by atomic mass is 19.1. The molecule has 27 heavy (non-hydrogen) atoms. The van der Waals surface area contributed by atoms with Crippen molar-refractivity contribution in [2.45, 2.75) is 19.4 Å². The van der Waals surface area contributed by atoms with Gasteiger partial charge in [0.05, 0.1) is 11.4 Å². The number of carbonyl (C=O) groups excluding carboxylic acids is 2. The van der Waals surface area contributed by atoms with Gasteiger partial charge in [-0.05, 0) is 38.1 Å². The molecule has 0 radical (unpaired) electrons. The van der Waals surface area contributed by atoms with E-state index in [1.165, 1.54) is 6.07 Å². The number of Topliss-reactive ketones (excluding diaryl/α,β-unsaturated/α-hetero) is 1. The third kappa shape index (κ3) is 2.27. The highest BCUT2D eigenvalue weighted by molar-refractivity contribution is 6.31. The number of nitrogens with one attached hydrogen (secondary N) is 1. The van der Waals surface area contributed by atoms with Gasteiger partial charge in [0.1, 0.15) is 34.3 Å². The third-order valence-electron chi connectivity index (χ3n) is 5.01. The van der Waals surface area contributed by atoms with Crippen LogP contribution in [0.3, 0.4) is 0 Å². The lowest BCUT2D eigenvalue weighted by Crippen LogP contribution is -2.44. The summed E-state index contributed by atoms with van der Waals surface area (Å²) in [6, 6.07) is 10.7. The van der Waals surface area contributed by atoms with Crippen LogP contribution >= 0.6 is 0 Å². The van der Waals surface area contributed by atoms with Gasteiger partial charge < -0.3 is 15.1 Å². The first kappa shape index (κ1) is 17.2. The molecule has 0 saturated heterocycles. The maximum absolute atomic E-state index is 13.9. The first-order valence-electron chi connectivity index (χ1n) is 8.42. The van der Waals surface area contributed by atoms with E-state index >= 15 is 0 Å². The SMILES string of the molecule is CN1C2=C(C(=O)Nc3c(F)cccc3F)C(=O)C(C)(C)N2c2ccccc21. The molecule has 0 bridgehead atoms. The van der Waals surface area contributed by atoms with Crippen molar-refractivity contribution in [3.63, 3.8) is 0 Å². The molecular formula is C20H17F2N3O2. The standard InChI is InChI=1S/C20H17F2N3O2/c1-20(2)17(26)15(18(27)23-16-11(21)7-6-8-12(16)22)19-24(3)13-9-4-5-10-14(13)25(19)20/h4-10H,1-3H3,(H,23,27). The van der Waals surface area contributed by atoms with Crippen LogP contribution in [0, 0.1) is 11.6 Å². The van der Waals surface area contributed by atoms with Gasteiger partial charge in [-0.25, -0.2) is 8.78 Å².